The maximum absolute atomic E-state index is 6.19. The lowest BCUT2D eigenvalue weighted by molar-refractivity contribution is 0.0455. The van der Waals surface area contributed by atoms with Gasteiger partial charge in [-0.1, -0.05) is 18.2 Å². The fourth-order valence-electron chi connectivity index (χ4n) is 4.11. The molecule has 0 aliphatic carbocycles. The van der Waals surface area contributed by atoms with Gasteiger partial charge in [0.1, 0.15) is 12.7 Å². The first-order valence-corrected chi connectivity index (χ1v) is 9.90. The van der Waals surface area contributed by atoms with Crippen LogP contribution in [0.3, 0.4) is 0 Å². The van der Waals surface area contributed by atoms with E-state index in [4.69, 9.17) is 9.47 Å². The molecule has 140 valence electrons. The number of allylic oxidation sites excluding steroid dienone is 2. The van der Waals surface area contributed by atoms with Gasteiger partial charge in [0, 0.05) is 19.1 Å². The molecule has 3 aliphatic rings. The molecular weight excluding hydrogens is 324 g/mol. The van der Waals surface area contributed by atoms with Crippen molar-refractivity contribution in [3.63, 3.8) is 0 Å². The third-order valence-corrected chi connectivity index (χ3v) is 5.76. The smallest absolute Gasteiger partial charge is 0.162 e. The van der Waals surface area contributed by atoms with E-state index in [-0.39, 0.29) is 6.10 Å². The summed E-state index contributed by atoms with van der Waals surface area (Å²) in [6, 6.07) is 6.68. The van der Waals surface area contributed by atoms with E-state index < -0.39 is 0 Å². The number of rotatable bonds is 4. The summed E-state index contributed by atoms with van der Waals surface area (Å²) in [6.45, 7) is 9.47. The van der Waals surface area contributed by atoms with Gasteiger partial charge in [-0.15, -0.1) is 0 Å². The molecule has 1 aromatic rings. The van der Waals surface area contributed by atoms with Gasteiger partial charge in [-0.2, -0.15) is 0 Å². The van der Waals surface area contributed by atoms with Crippen LogP contribution in [0.1, 0.15) is 25.3 Å². The number of hydrogen-bond acceptors (Lipinski definition) is 4. The highest BCUT2D eigenvalue weighted by Gasteiger charge is 2.27. The second-order valence-corrected chi connectivity index (χ2v) is 7.91. The molecule has 4 nitrogen and oxygen atoms in total. The number of fused-ring (bicyclic) bond motifs is 1. The van der Waals surface area contributed by atoms with Crippen LogP contribution >= 0.6 is 0 Å². The van der Waals surface area contributed by atoms with Gasteiger partial charge in [-0.25, -0.2) is 0 Å². The Balaban J connectivity index is 1.24. The predicted molar refractivity (Wildman–Crippen MR) is 105 cm³/mol. The van der Waals surface area contributed by atoms with Crippen LogP contribution < -0.4 is 9.47 Å². The van der Waals surface area contributed by atoms with Gasteiger partial charge in [0.2, 0.25) is 0 Å². The Kier molecular flexibility index (Phi) is 5.21. The Morgan fingerprint density at radius 2 is 1.92 bits per heavy atom. The van der Waals surface area contributed by atoms with Crippen molar-refractivity contribution >= 4 is 0 Å². The molecule has 2 atom stereocenters. The zero-order chi connectivity index (χ0) is 17.9. The van der Waals surface area contributed by atoms with Gasteiger partial charge < -0.3 is 14.4 Å². The summed E-state index contributed by atoms with van der Waals surface area (Å²) >= 11 is 0. The summed E-state index contributed by atoms with van der Waals surface area (Å²) < 4.78 is 12.1. The number of hydrogen-bond donors (Lipinski definition) is 0. The second-order valence-electron chi connectivity index (χ2n) is 7.91. The average molecular weight is 354 g/mol. The molecule has 0 N–H and O–H groups in total. The number of aryl methyl sites for hydroxylation is 1. The number of piperidine rings is 1. The lowest BCUT2D eigenvalue weighted by atomic mass is 9.95. The summed E-state index contributed by atoms with van der Waals surface area (Å²) in [6.07, 6.45) is 11.5. The first kappa shape index (κ1) is 17.5. The van der Waals surface area contributed by atoms with Crippen LogP contribution in [-0.4, -0.2) is 54.7 Å². The average Bonchev–Trinajstić information content (AvgIpc) is 2.65. The molecule has 4 rings (SSSR count). The monoisotopic (exact) mass is 354 g/mol. The van der Waals surface area contributed by atoms with Crippen LogP contribution in [0.25, 0.3) is 0 Å². The lowest BCUT2D eigenvalue weighted by Gasteiger charge is -2.38. The van der Waals surface area contributed by atoms with Gasteiger partial charge in [0.15, 0.2) is 11.5 Å². The van der Waals surface area contributed by atoms with Crippen molar-refractivity contribution < 1.29 is 9.47 Å². The molecule has 0 amide bonds. The number of likely N-dealkylation sites (tertiary alicyclic amines) is 1. The molecule has 3 aliphatic heterocycles. The van der Waals surface area contributed by atoms with E-state index in [1.807, 2.05) is 6.07 Å². The van der Waals surface area contributed by atoms with E-state index in [9.17, 15) is 0 Å². The van der Waals surface area contributed by atoms with Crippen LogP contribution in [0.5, 0.6) is 11.5 Å². The standard InChI is InChI=1S/C22H30N2O2/c1-17-6-7-21-22(13-17)26-20(16-25-21)15-23-11-8-19(9-12-23)14-24-10-4-3-5-18(24)2/h3-7,10,13,18-20H,8-9,11-12,14-16H2,1-2H3. The van der Waals surface area contributed by atoms with Gasteiger partial charge in [-0.05, 0) is 75.7 Å². The van der Waals surface area contributed by atoms with Crippen LogP contribution in [0.4, 0.5) is 0 Å². The third kappa shape index (κ3) is 4.07. The minimum absolute atomic E-state index is 0.135. The maximum atomic E-state index is 6.19. The quantitative estimate of drug-likeness (QED) is 0.824. The topological polar surface area (TPSA) is 24.9 Å². The molecular formula is C22H30N2O2. The van der Waals surface area contributed by atoms with Gasteiger partial charge in [0.25, 0.3) is 0 Å². The first-order valence-electron chi connectivity index (χ1n) is 9.90. The Morgan fingerprint density at radius 3 is 2.73 bits per heavy atom. The number of benzene rings is 1. The van der Waals surface area contributed by atoms with Crippen molar-refractivity contribution in [1.29, 1.82) is 0 Å². The molecule has 1 aromatic carbocycles. The highest BCUT2D eigenvalue weighted by atomic mass is 16.6. The minimum Gasteiger partial charge on any atom is -0.486 e. The second kappa shape index (κ2) is 7.75. The van der Waals surface area contributed by atoms with Crippen molar-refractivity contribution in [2.75, 3.05) is 32.8 Å². The van der Waals surface area contributed by atoms with Crippen molar-refractivity contribution in [1.82, 2.24) is 9.80 Å². The van der Waals surface area contributed by atoms with E-state index in [0.717, 1.165) is 37.1 Å². The SMILES string of the molecule is Cc1ccc2c(c1)OC(CN1CCC(CN3C=CC=CC3C)CC1)CO2. The molecule has 1 fully saturated rings. The van der Waals surface area contributed by atoms with E-state index in [0.29, 0.717) is 12.6 Å². The van der Waals surface area contributed by atoms with Crippen molar-refractivity contribution in [3.8, 4) is 11.5 Å². The van der Waals surface area contributed by atoms with Crippen molar-refractivity contribution in [2.24, 2.45) is 5.92 Å². The minimum atomic E-state index is 0.135. The molecule has 0 radical (unpaired) electrons. The summed E-state index contributed by atoms with van der Waals surface area (Å²) in [5, 5.41) is 0. The normalized spacial score (nSPS) is 26.3. The van der Waals surface area contributed by atoms with E-state index >= 15 is 0 Å². The van der Waals surface area contributed by atoms with Crippen LogP contribution in [0, 0.1) is 12.8 Å². The summed E-state index contributed by atoms with van der Waals surface area (Å²) in [4.78, 5) is 5.01. The Labute approximate surface area is 157 Å². The molecule has 0 spiro atoms. The highest BCUT2D eigenvalue weighted by Crippen LogP contribution is 2.33. The fraction of sp³-hybridized carbons (Fsp3) is 0.545. The van der Waals surface area contributed by atoms with Gasteiger partial charge in [-0.3, -0.25) is 4.90 Å². The molecule has 0 bridgehead atoms. The molecule has 3 heterocycles. The molecule has 0 saturated carbocycles. The fourth-order valence-corrected chi connectivity index (χ4v) is 4.11. The first-order chi connectivity index (χ1) is 12.7. The van der Waals surface area contributed by atoms with Gasteiger partial charge >= 0.3 is 0 Å². The van der Waals surface area contributed by atoms with Gasteiger partial charge in [0.05, 0.1) is 0 Å². The zero-order valence-corrected chi connectivity index (χ0v) is 15.9. The lowest BCUT2D eigenvalue weighted by Crippen LogP contribution is -2.45. The Bertz CT molecular complexity index is 677. The summed E-state index contributed by atoms with van der Waals surface area (Å²) in [5.74, 6) is 2.56. The Hall–Kier alpha value is -1.94. The highest BCUT2D eigenvalue weighted by molar-refractivity contribution is 5.43. The third-order valence-electron chi connectivity index (χ3n) is 5.76. The van der Waals surface area contributed by atoms with Crippen LogP contribution in [0.2, 0.25) is 0 Å². The van der Waals surface area contributed by atoms with E-state index in [2.05, 4.69) is 60.2 Å². The van der Waals surface area contributed by atoms with Crippen molar-refractivity contribution in [3.05, 3.63) is 48.2 Å². The number of ether oxygens (including phenoxy) is 2. The molecule has 4 heteroatoms. The van der Waals surface area contributed by atoms with Crippen LogP contribution in [0.15, 0.2) is 42.6 Å². The maximum Gasteiger partial charge on any atom is 0.162 e. The Morgan fingerprint density at radius 1 is 1.08 bits per heavy atom. The zero-order valence-electron chi connectivity index (χ0n) is 15.9. The van der Waals surface area contributed by atoms with Crippen LogP contribution in [-0.2, 0) is 0 Å². The number of nitrogens with zero attached hydrogens (tertiary/aromatic N) is 2. The van der Waals surface area contributed by atoms with Crippen molar-refractivity contribution in [2.45, 2.75) is 38.8 Å². The molecule has 2 unspecified atom stereocenters. The summed E-state index contributed by atoms with van der Waals surface area (Å²) in [5.41, 5.74) is 1.21. The van der Waals surface area contributed by atoms with E-state index in [1.54, 1.807) is 0 Å². The predicted octanol–water partition coefficient (Wildman–Crippen LogP) is 3.62. The summed E-state index contributed by atoms with van der Waals surface area (Å²) in [7, 11) is 0. The molecule has 26 heavy (non-hydrogen) atoms. The largest absolute Gasteiger partial charge is 0.486 e. The molecule has 1 saturated heterocycles. The van der Waals surface area contributed by atoms with E-state index in [1.165, 1.54) is 24.9 Å². The molecule has 0 aromatic heterocycles.